The summed E-state index contributed by atoms with van der Waals surface area (Å²) in [4.78, 5) is 2.62. The van der Waals surface area contributed by atoms with Crippen molar-refractivity contribution in [2.24, 2.45) is 0 Å². The molecule has 0 radical (unpaired) electrons. The highest BCUT2D eigenvalue weighted by Crippen LogP contribution is 2.48. The van der Waals surface area contributed by atoms with Gasteiger partial charge in [0, 0.05) is 53.6 Å². The Morgan fingerprint density at radius 1 is 0.464 bits per heavy atom. The molecular weight excluding hydrogens is 695 g/mol. The third kappa shape index (κ3) is 4.45. The maximum absolute atomic E-state index is 2.62. The van der Waals surface area contributed by atoms with E-state index in [9.17, 15) is 0 Å². The number of hydrogen-bond acceptors (Lipinski definition) is 2. The van der Waals surface area contributed by atoms with Crippen LogP contribution in [0, 0.1) is 0 Å². The van der Waals surface area contributed by atoms with Gasteiger partial charge >= 0.3 is 0 Å². The monoisotopic (exact) mass is 732 g/mol. The molecule has 0 unspecified atom stereocenters. The molecule has 0 N–H and O–H groups in total. The van der Waals surface area contributed by atoms with E-state index in [1.165, 1.54) is 109 Å². The number of fused-ring (bicyclic) bond motifs is 11. The van der Waals surface area contributed by atoms with Crippen molar-refractivity contribution in [2.75, 3.05) is 4.90 Å². The molecule has 0 aliphatic carbocycles. The Hall–Kier alpha value is -6.36. The first-order valence-electron chi connectivity index (χ1n) is 19.6. The fraction of sp³-hybridized carbons (Fsp3) is 0.0769. The molecule has 0 amide bonds. The minimum absolute atomic E-state index is 0.00589. The Labute approximate surface area is 331 Å². The molecule has 12 rings (SSSR count). The number of hydrogen-bond donors (Lipinski definition) is 0. The largest absolute Gasteiger partial charge is 0.311 e. The second-order valence-electron chi connectivity index (χ2n) is 16.5. The highest BCUT2D eigenvalue weighted by Gasteiger charge is 2.43. The van der Waals surface area contributed by atoms with Crippen LogP contribution in [0.4, 0.5) is 17.1 Å². The predicted octanol–water partition coefficient (Wildman–Crippen LogP) is 12.4. The lowest BCUT2D eigenvalue weighted by Gasteiger charge is -2.38. The van der Waals surface area contributed by atoms with Crippen molar-refractivity contribution in [3.63, 3.8) is 0 Å². The molecule has 2 aliphatic rings. The van der Waals surface area contributed by atoms with Gasteiger partial charge in [-0.05, 0) is 93.2 Å². The van der Waals surface area contributed by atoms with Crippen molar-refractivity contribution >= 4 is 93.5 Å². The molecule has 2 aliphatic heterocycles. The van der Waals surface area contributed by atoms with Gasteiger partial charge in [-0.15, -0.1) is 11.3 Å². The number of benzene rings is 8. The number of rotatable bonds is 3. The smallest absolute Gasteiger partial charge is 0.248 e. The summed E-state index contributed by atoms with van der Waals surface area (Å²) in [6, 6.07) is 63.9. The zero-order valence-corrected chi connectivity index (χ0v) is 32.4. The molecule has 0 saturated heterocycles. The second kappa shape index (κ2) is 11.6. The Balaban J connectivity index is 1.24. The van der Waals surface area contributed by atoms with Crippen molar-refractivity contribution in [3.05, 3.63) is 175 Å². The van der Waals surface area contributed by atoms with Crippen LogP contribution in [0.25, 0.3) is 69.9 Å². The average molecular weight is 733 g/mol. The zero-order chi connectivity index (χ0) is 37.3. The number of nitrogens with zero attached hydrogens (tertiary/aromatic N) is 2. The Morgan fingerprint density at radius 3 is 1.91 bits per heavy atom. The number of thiophene rings is 1. The van der Waals surface area contributed by atoms with Gasteiger partial charge in [-0.1, -0.05) is 141 Å². The van der Waals surface area contributed by atoms with Crippen LogP contribution >= 0.6 is 11.3 Å². The van der Waals surface area contributed by atoms with Crippen LogP contribution in [0.2, 0.25) is 0 Å². The molecule has 0 atom stereocenters. The van der Waals surface area contributed by atoms with E-state index in [0.717, 1.165) is 0 Å². The lowest BCUT2D eigenvalue weighted by atomic mass is 9.37. The molecule has 56 heavy (non-hydrogen) atoms. The first kappa shape index (κ1) is 31.9. The first-order chi connectivity index (χ1) is 27.4. The normalized spacial score (nSPS) is 13.2. The Bertz CT molecular complexity index is 3200. The summed E-state index contributed by atoms with van der Waals surface area (Å²) >= 11 is 1.91. The molecule has 264 valence electrons. The number of anilines is 3. The van der Waals surface area contributed by atoms with Gasteiger partial charge in [0.1, 0.15) is 0 Å². The molecular formula is C52H37BN2S. The topological polar surface area (TPSA) is 8.17 Å². The third-order valence-corrected chi connectivity index (χ3v) is 13.5. The van der Waals surface area contributed by atoms with E-state index in [-0.39, 0.29) is 12.1 Å². The standard InChI is InChI=1S/C52H37BN2S/c1-52(2,3)33-25-26-46(39(27-33)32-15-5-4-6-16-32)55-47-30-40-38-20-10-14-24-49(38)56-50(40)31-43(47)53-42-21-11-7-17-35(42)41-28-34(29-48(55)51(41)53)54-44-22-12-8-18-36(44)37-19-9-13-23-45(37)54/h4-31H,1-3H3. The summed E-state index contributed by atoms with van der Waals surface area (Å²) in [5.74, 6) is 0. The van der Waals surface area contributed by atoms with Crippen LogP contribution in [-0.2, 0) is 5.41 Å². The highest BCUT2D eigenvalue weighted by atomic mass is 32.1. The van der Waals surface area contributed by atoms with Crippen LogP contribution in [0.15, 0.2) is 170 Å². The van der Waals surface area contributed by atoms with Crippen molar-refractivity contribution in [1.82, 2.24) is 4.57 Å². The molecule has 4 heteroatoms. The van der Waals surface area contributed by atoms with Crippen molar-refractivity contribution in [1.29, 1.82) is 0 Å². The fourth-order valence-electron chi connectivity index (χ4n) is 9.77. The van der Waals surface area contributed by atoms with E-state index < -0.39 is 0 Å². The summed E-state index contributed by atoms with van der Waals surface area (Å²) in [6.45, 7) is 7.07. The van der Waals surface area contributed by atoms with Gasteiger partial charge in [0.2, 0.25) is 6.71 Å². The van der Waals surface area contributed by atoms with Gasteiger partial charge in [0.05, 0.1) is 16.7 Å². The zero-order valence-electron chi connectivity index (χ0n) is 31.5. The summed E-state index contributed by atoms with van der Waals surface area (Å²) in [7, 11) is 0. The Kier molecular flexibility index (Phi) is 6.61. The lowest BCUT2D eigenvalue weighted by Crippen LogP contribution is -2.54. The minimum atomic E-state index is -0.00589. The van der Waals surface area contributed by atoms with E-state index in [1.807, 2.05) is 11.3 Å². The van der Waals surface area contributed by atoms with E-state index in [2.05, 4.69) is 200 Å². The molecule has 8 aromatic carbocycles. The molecule has 4 heterocycles. The second-order valence-corrected chi connectivity index (χ2v) is 17.6. The van der Waals surface area contributed by atoms with Crippen molar-refractivity contribution < 1.29 is 0 Å². The van der Waals surface area contributed by atoms with E-state index in [0.29, 0.717) is 0 Å². The van der Waals surface area contributed by atoms with Crippen molar-refractivity contribution in [3.8, 4) is 27.9 Å². The van der Waals surface area contributed by atoms with Crippen LogP contribution in [-0.4, -0.2) is 11.3 Å². The van der Waals surface area contributed by atoms with Gasteiger partial charge in [-0.25, -0.2) is 0 Å². The van der Waals surface area contributed by atoms with Gasteiger partial charge in [0.15, 0.2) is 0 Å². The Morgan fingerprint density at radius 2 is 1.14 bits per heavy atom. The predicted molar refractivity (Wildman–Crippen MR) is 243 cm³/mol. The molecule has 10 aromatic rings. The van der Waals surface area contributed by atoms with Gasteiger partial charge < -0.3 is 9.47 Å². The SMILES string of the molecule is CC(C)(C)c1ccc(N2c3cc4c(cc3B3c5ccccc5-c5cc(-n6c7ccccc7c7ccccc76)cc2c53)sc2ccccc24)c(-c2ccccc2)c1. The van der Waals surface area contributed by atoms with Crippen LogP contribution < -0.4 is 21.3 Å². The molecule has 0 spiro atoms. The highest BCUT2D eigenvalue weighted by molar-refractivity contribution is 7.26. The maximum Gasteiger partial charge on any atom is 0.248 e. The van der Waals surface area contributed by atoms with E-state index >= 15 is 0 Å². The van der Waals surface area contributed by atoms with E-state index in [1.54, 1.807) is 0 Å². The van der Waals surface area contributed by atoms with Crippen LogP contribution in [0.1, 0.15) is 26.3 Å². The third-order valence-electron chi connectivity index (χ3n) is 12.3. The van der Waals surface area contributed by atoms with Gasteiger partial charge in [-0.3, -0.25) is 0 Å². The minimum Gasteiger partial charge on any atom is -0.311 e. The molecule has 2 nitrogen and oxygen atoms in total. The quantitative estimate of drug-likeness (QED) is 0.164. The summed E-state index contributed by atoms with van der Waals surface area (Å²) in [6.07, 6.45) is 0. The molecule has 0 fully saturated rings. The van der Waals surface area contributed by atoms with Gasteiger partial charge in [-0.2, -0.15) is 0 Å². The summed E-state index contributed by atoms with van der Waals surface area (Å²) < 4.78 is 5.16. The van der Waals surface area contributed by atoms with Crippen LogP contribution in [0.5, 0.6) is 0 Å². The summed E-state index contributed by atoms with van der Waals surface area (Å²) in [5.41, 5.74) is 17.9. The molecule has 0 saturated carbocycles. The van der Waals surface area contributed by atoms with Crippen LogP contribution in [0.3, 0.4) is 0 Å². The lowest BCUT2D eigenvalue weighted by molar-refractivity contribution is 0.590. The average Bonchev–Trinajstić information content (AvgIpc) is 3.88. The fourth-order valence-corrected chi connectivity index (χ4v) is 10.9. The molecule has 2 aromatic heterocycles. The number of para-hydroxylation sites is 2. The summed E-state index contributed by atoms with van der Waals surface area (Å²) in [5, 5.41) is 5.18. The first-order valence-corrected chi connectivity index (χ1v) is 20.4. The molecule has 0 bridgehead atoms. The van der Waals surface area contributed by atoms with E-state index in [4.69, 9.17) is 0 Å². The van der Waals surface area contributed by atoms with Gasteiger partial charge in [0.25, 0.3) is 0 Å². The number of aromatic nitrogens is 1. The van der Waals surface area contributed by atoms with Crippen molar-refractivity contribution in [2.45, 2.75) is 26.2 Å². The maximum atomic E-state index is 2.62.